The second kappa shape index (κ2) is 19.1. The van der Waals surface area contributed by atoms with Crippen molar-refractivity contribution in [2.75, 3.05) is 6.16 Å². The molecule has 0 spiro atoms. The van der Waals surface area contributed by atoms with E-state index >= 15 is 0 Å². The van der Waals surface area contributed by atoms with Crippen LogP contribution in [0.5, 0.6) is 0 Å². The van der Waals surface area contributed by atoms with Crippen LogP contribution in [0.2, 0.25) is 0 Å². The standard InChI is InChI=1S/C18H37OP/c1-2-3-4-5-6-7-8-9-10-11-12-13-14-15-16-17-18-20-19/h2-18H2,1H3/p+1. The fourth-order valence-electron chi connectivity index (χ4n) is 2.75. The smallest absolute Gasteiger partial charge is 0.0775 e. The molecule has 0 radical (unpaired) electrons. The van der Waals surface area contributed by atoms with E-state index in [1.807, 2.05) is 0 Å². The van der Waals surface area contributed by atoms with E-state index in [0.29, 0.717) is 0 Å². The molecule has 0 aliphatic carbocycles. The van der Waals surface area contributed by atoms with Crippen molar-refractivity contribution in [1.82, 2.24) is 0 Å². The SMILES string of the molecule is CCCCCCCCCCCCCCCCCC[PH+]=O. The van der Waals surface area contributed by atoms with Crippen molar-refractivity contribution in [3.63, 3.8) is 0 Å². The highest BCUT2D eigenvalue weighted by molar-refractivity contribution is 7.23. The van der Waals surface area contributed by atoms with Gasteiger partial charge in [-0.2, -0.15) is 0 Å². The van der Waals surface area contributed by atoms with Crippen molar-refractivity contribution in [3.8, 4) is 0 Å². The Kier molecular flexibility index (Phi) is 19.2. The number of hydrogen-bond donors (Lipinski definition) is 0. The maximum atomic E-state index is 10.3. The molecule has 1 unspecified atom stereocenters. The van der Waals surface area contributed by atoms with Gasteiger partial charge in [-0.15, -0.1) is 0 Å². The van der Waals surface area contributed by atoms with Crippen LogP contribution in [0.4, 0.5) is 0 Å². The van der Waals surface area contributed by atoms with E-state index in [4.69, 9.17) is 0 Å². The third kappa shape index (κ3) is 18.1. The van der Waals surface area contributed by atoms with Crippen LogP contribution < -0.4 is 0 Å². The Morgan fingerprint density at radius 3 is 1.10 bits per heavy atom. The molecule has 0 aliphatic rings. The summed E-state index contributed by atoms with van der Waals surface area (Å²) >= 11 is 0. The maximum absolute atomic E-state index is 10.3. The van der Waals surface area contributed by atoms with Gasteiger partial charge in [-0.05, 0) is 12.8 Å². The van der Waals surface area contributed by atoms with Gasteiger partial charge in [0.15, 0.2) is 0 Å². The maximum Gasteiger partial charge on any atom is 0.324 e. The first-order chi connectivity index (χ1) is 9.91. The first-order valence-electron chi connectivity index (χ1n) is 9.26. The van der Waals surface area contributed by atoms with Gasteiger partial charge in [-0.1, -0.05) is 101 Å². The fraction of sp³-hybridized carbons (Fsp3) is 1.00. The van der Waals surface area contributed by atoms with E-state index in [1.54, 1.807) is 0 Å². The number of hydrogen-bond acceptors (Lipinski definition) is 1. The van der Waals surface area contributed by atoms with Crippen molar-refractivity contribution in [1.29, 1.82) is 0 Å². The van der Waals surface area contributed by atoms with Crippen molar-refractivity contribution < 1.29 is 4.57 Å². The summed E-state index contributed by atoms with van der Waals surface area (Å²) in [7, 11) is -0.0812. The summed E-state index contributed by atoms with van der Waals surface area (Å²) in [5.74, 6) is 0. The Labute approximate surface area is 129 Å². The molecule has 0 aromatic rings. The molecular weight excluding hydrogens is 263 g/mol. The zero-order valence-electron chi connectivity index (χ0n) is 13.9. The normalized spacial score (nSPS) is 11.2. The summed E-state index contributed by atoms with van der Waals surface area (Å²) in [6.07, 6.45) is 23.4. The number of unbranched alkanes of at least 4 members (excludes halogenated alkanes) is 15. The number of rotatable bonds is 17. The van der Waals surface area contributed by atoms with Crippen molar-refractivity contribution >= 4 is 8.46 Å². The van der Waals surface area contributed by atoms with Crippen molar-refractivity contribution in [2.45, 2.75) is 110 Å². The summed E-state index contributed by atoms with van der Waals surface area (Å²) < 4.78 is 10.3. The average Bonchev–Trinajstić information content (AvgIpc) is 2.47. The average molecular weight is 301 g/mol. The molecule has 0 bridgehead atoms. The lowest BCUT2D eigenvalue weighted by Gasteiger charge is -2.03. The summed E-state index contributed by atoms with van der Waals surface area (Å²) in [6.45, 7) is 2.28. The molecule has 0 aromatic carbocycles. The Morgan fingerprint density at radius 1 is 0.500 bits per heavy atom. The largest absolute Gasteiger partial charge is 0.324 e. The van der Waals surface area contributed by atoms with Crippen LogP contribution in [0.15, 0.2) is 0 Å². The van der Waals surface area contributed by atoms with Gasteiger partial charge in [0.05, 0.1) is 0 Å². The van der Waals surface area contributed by atoms with Gasteiger partial charge in [0, 0.05) is 0 Å². The summed E-state index contributed by atoms with van der Waals surface area (Å²) in [5.41, 5.74) is 0. The minimum absolute atomic E-state index is 0.0812. The van der Waals surface area contributed by atoms with E-state index in [-0.39, 0.29) is 8.46 Å². The Balaban J connectivity index is 2.90. The van der Waals surface area contributed by atoms with Crippen molar-refractivity contribution in [3.05, 3.63) is 0 Å². The molecule has 0 saturated heterocycles. The summed E-state index contributed by atoms with van der Waals surface area (Å²) in [5, 5.41) is 0. The van der Waals surface area contributed by atoms with E-state index in [2.05, 4.69) is 6.92 Å². The minimum Gasteiger partial charge on any atom is -0.0775 e. The third-order valence-electron chi connectivity index (χ3n) is 4.13. The van der Waals surface area contributed by atoms with Gasteiger partial charge in [0.1, 0.15) is 6.16 Å². The highest BCUT2D eigenvalue weighted by Gasteiger charge is 1.95. The Hall–Kier alpha value is 0.100. The van der Waals surface area contributed by atoms with Gasteiger partial charge in [-0.3, -0.25) is 0 Å². The van der Waals surface area contributed by atoms with E-state index < -0.39 is 0 Å². The monoisotopic (exact) mass is 301 g/mol. The Morgan fingerprint density at radius 2 is 0.800 bits per heavy atom. The first kappa shape index (κ1) is 20.1. The highest BCUT2D eigenvalue weighted by Crippen LogP contribution is 2.13. The van der Waals surface area contributed by atoms with E-state index in [9.17, 15) is 4.57 Å². The zero-order chi connectivity index (χ0) is 14.7. The van der Waals surface area contributed by atoms with Gasteiger partial charge >= 0.3 is 8.46 Å². The van der Waals surface area contributed by atoms with Crippen molar-refractivity contribution in [2.24, 2.45) is 0 Å². The van der Waals surface area contributed by atoms with Crippen LogP contribution in [0, 0.1) is 0 Å². The van der Waals surface area contributed by atoms with Crippen LogP contribution in [-0.4, -0.2) is 6.16 Å². The molecule has 0 rings (SSSR count). The minimum atomic E-state index is -0.0812. The third-order valence-corrected chi connectivity index (χ3v) is 4.69. The first-order valence-corrected chi connectivity index (χ1v) is 10.4. The molecule has 2 heteroatoms. The van der Waals surface area contributed by atoms with Crippen LogP contribution in [0.25, 0.3) is 0 Å². The Bertz CT molecular complexity index is 182. The van der Waals surface area contributed by atoms with Gasteiger partial charge < -0.3 is 0 Å². The molecule has 120 valence electrons. The van der Waals surface area contributed by atoms with Gasteiger partial charge in [0.25, 0.3) is 0 Å². The second-order valence-electron chi connectivity index (χ2n) is 6.20. The van der Waals surface area contributed by atoms with Gasteiger partial charge in [0.2, 0.25) is 0 Å². The van der Waals surface area contributed by atoms with Gasteiger partial charge in [-0.25, -0.2) is 0 Å². The molecular formula is C18H38OP+. The second-order valence-corrected chi connectivity index (χ2v) is 6.99. The molecule has 1 atom stereocenters. The topological polar surface area (TPSA) is 17.1 Å². The van der Waals surface area contributed by atoms with E-state index in [1.165, 1.54) is 103 Å². The molecule has 0 heterocycles. The predicted octanol–water partition coefficient (Wildman–Crippen LogP) is 7.27. The van der Waals surface area contributed by atoms with Crippen LogP contribution in [-0.2, 0) is 4.57 Å². The quantitative estimate of drug-likeness (QED) is 0.204. The van der Waals surface area contributed by atoms with Crippen LogP contribution >= 0.6 is 8.46 Å². The molecule has 0 N–H and O–H groups in total. The van der Waals surface area contributed by atoms with Crippen LogP contribution in [0.1, 0.15) is 110 Å². The molecule has 0 fully saturated rings. The predicted molar refractivity (Wildman–Crippen MR) is 93.4 cm³/mol. The lowest BCUT2D eigenvalue weighted by molar-refractivity contribution is 0.531. The molecule has 0 amide bonds. The zero-order valence-corrected chi connectivity index (χ0v) is 14.9. The lowest BCUT2D eigenvalue weighted by atomic mass is 10.0. The molecule has 20 heavy (non-hydrogen) atoms. The summed E-state index contributed by atoms with van der Waals surface area (Å²) in [4.78, 5) is 0. The lowest BCUT2D eigenvalue weighted by Crippen LogP contribution is -1.83. The molecule has 1 nitrogen and oxygen atoms in total. The fourth-order valence-corrected chi connectivity index (χ4v) is 3.14. The molecule has 0 saturated carbocycles. The van der Waals surface area contributed by atoms with Crippen LogP contribution in [0.3, 0.4) is 0 Å². The molecule has 0 aliphatic heterocycles. The summed E-state index contributed by atoms with van der Waals surface area (Å²) in [6, 6.07) is 0. The molecule has 0 aromatic heterocycles. The van der Waals surface area contributed by atoms with E-state index in [0.717, 1.165) is 6.16 Å². The highest BCUT2D eigenvalue weighted by atomic mass is 31.1.